The normalized spacial score (nSPS) is 11.1. The van der Waals surface area contributed by atoms with Gasteiger partial charge >= 0.3 is 12.2 Å². The van der Waals surface area contributed by atoms with Gasteiger partial charge in [-0.2, -0.15) is 18.4 Å². The highest BCUT2D eigenvalue weighted by Crippen LogP contribution is 2.29. The van der Waals surface area contributed by atoms with Crippen molar-refractivity contribution in [3.8, 4) is 6.07 Å². The highest BCUT2D eigenvalue weighted by Gasteiger charge is 2.30. The number of nitriles is 1. The molecule has 1 aromatic carbocycles. The van der Waals surface area contributed by atoms with Crippen LogP contribution in [0.15, 0.2) is 24.3 Å². The van der Waals surface area contributed by atoms with Crippen molar-refractivity contribution in [3.05, 3.63) is 29.8 Å². The molecule has 0 atom stereocenters. The average Bonchev–Trinajstić information content (AvgIpc) is 2.34. The monoisotopic (exact) mass is 285 g/mol. The summed E-state index contributed by atoms with van der Waals surface area (Å²) < 4.78 is 37.2. The van der Waals surface area contributed by atoms with Crippen molar-refractivity contribution < 1.29 is 18.0 Å². The molecule has 0 aromatic heterocycles. The minimum Gasteiger partial charge on any atom is -0.309 e. The van der Waals surface area contributed by atoms with E-state index < -0.39 is 17.8 Å². The van der Waals surface area contributed by atoms with Crippen LogP contribution < -0.4 is 5.32 Å². The van der Waals surface area contributed by atoms with Gasteiger partial charge in [0.25, 0.3) is 0 Å². The molecule has 0 saturated carbocycles. The minimum atomic E-state index is -4.41. The molecule has 108 valence electrons. The highest BCUT2D eigenvalue weighted by molar-refractivity contribution is 5.89. The lowest BCUT2D eigenvalue weighted by Crippen LogP contribution is -2.40. The lowest BCUT2D eigenvalue weighted by Gasteiger charge is -2.24. The molecule has 0 aliphatic rings. The van der Waals surface area contributed by atoms with Gasteiger partial charge in [-0.05, 0) is 38.1 Å². The lowest BCUT2D eigenvalue weighted by atomic mass is 10.2. The molecule has 0 unspecified atom stereocenters. The first kappa shape index (κ1) is 15.8. The topological polar surface area (TPSA) is 56.1 Å². The van der Waals surface area contributed by atoms with Crippen molar-refractivity contribution in [2.24, 2.45) is 0 Å². The first-order valence-corrected chi connectivity index (χ1v) is 5.87. The zero-order valence-electron chi connectivity index (χ0n) is 11.0. The molecular weight excluding hydrogens is 271 g/mol. The number of rotatable bonds is 3. The molecule has 2 amide bonds. The number of nitrogens with one attached hydrogen (secondary N) is 1. The van der Waals surface area contributed by atoms with Crippen LogP contribution in [0.1, 0.15) is 19.4 Å². The molecule has 0 bridgehead atoms. The van der Waals surface area contributed by atoms with Crippen LogP contribution in [0.5, 0.6) is 0 Å². The van der Waals surface area contributed by atoms with E-state index in [4.69, 9.17) is 5.26 Å². The molecule has 0 heterocycles. The molecule has 4 nitrogen and oxygen atoms in total. The van der Waals surface area contributed by atoms with E-state index >= 15 is 0 Å². The smallest absolute Gasteiger partial charge is 0.309 e. The number of nitrogens with zero attached hydrogens (tertiary/aromatic N) is 2. The Morgan fingerprint density at radius 3 is 2.30 bits per heavy atom. The SMILES string of the molecule is CC(C)N(CC#N)C(=O)Nc1ccc(C(F)(F)F)cc1. The van der Waals surface area contributed by atoms with Gasteiger partial charge in [-0.3, -0.25) is 0 Å². The van der Waals surface area contributed by atoms with Crippen molar-refractivity contribution in [1.82, 2.24) is 4.90 Å². The number of carbonyl (C=O) groups excluding carboxylic acids is 1. The number of hydrogen-bond acceptors (Lipinski definition) is 2. The van der Waals surface area contributed by atoms with E-state index in [-0.39, 0.29) is 18.3 Å². The molecule has 1 N–H and O–H groups in total. The van der Waals surface area contributed by atoms with E-state index in [1.807, 2.05) is 6.07 Å². The van der Waals surface area contributed by atoms with Gasteiger partial charge in [0.2, 0.25) is 0 Å². The summed E-state index contributed by atoms with van der Waals surface area (Å²) in [5.74, 6) is 0. The molecule has 7 heteroatoms. The van der Waals surface area contributed by atoms with E-state index in [1.165, 1.54) is 17.0 Å². The molecule has 1 rings (SSSR count). The molecule has 0 radical (unpaired) electrons. The van der Waals surface area contributed by atoms with Crippen LogP contribution >= 0.6 is 0 Å². The molecule has 0 aliphatic heterocycles. The van der Waals surface area contributed by atoms with Crippen LogP contribution in [0, 0.1) is 11.3 Å². The average molecular weight is 285 g/mol. The molecule has 0 saturated heterocycles. The number of alkyl halides is 3. The predicted octanol–water partition coefficient (Wildman–Crippen LogP) is 3.47. The number of halogens is 3. The molecule has 20 heavy (non-hydrogen) atoms. The number of urea groups is 1. The van der Waals surface area contributed by atoms with Crippen LogP contribution in [0.4, 0.5) is 23.7 Å². The summed E-state index contributed by atoms with van der Waals surface area (Å²) in [6.07, 6.45) is -4.41. The van der Waals surface area contributed by atoms with Crippen molar-refractivity contribution in [3.63, 3.8) is 0 Å². The minimum absolute atomic E-state index is 0.0931. The first-order valence-electron chi connectivity index (χ1n) is 5.87. The Balaban J connectivity index is 2.78. The fourth-order valence-corrected chi connectivity index (χ4v) is 1.50. The van der Waals surface area contributed by atoms with Crippen molar-refractivity contribution in [2.75, 3.05) is 11.9 Å². The molecular formula is C13H14F3N3O. The van der Waals surface area contributed by atoms with Crippen molar-refractivity contribution >= 4 is 11.7 Å². The third-order valence-corrected chi connectivity index (χ3v) is 2.59. The quantitative estimate of drug-likeness (QED) is 0.864. The predicted molar refractivity (Wildman–Crippen MR) is 67.9 cm³/mol. The summed E-state index contributed by atoms with van der Waals surface area (Å²) in [5.41, 5.74) is -0.542. The Hall–Kier alpha value is -2.23. The summed E-state index contributed by atoms with van der Waals surface area (Å²) in [7, 11) is 0. The van der Waals surface area contributed by atoms with E-state index in [1.54, 1.807) is 13.8 Å². The number of anilines is 1. The van der Waals surface area contributed by atoms with Crippen molar-refractivity contribution in [2.45, 2.75) is 26.1 Å². The van der Waals surface area contributed by atoms with Gasteiger partial charge in [-0.25, -0.2) is 4.79 Å². The number of benzene rings is 1. The summed E-state index contributed by atoms with van der Waals surface area (Å²) >= 11 is 0. The van der Waals surface area contributed by atoms with Crippen LogP contribution in [-0.2, 0) is 6.18 Å². The van der Waals surface area contributed by atoms with E-state index in [9.17, 15) is 18.0 Å². The van der Waals surface area contributed by atoms with Crippen LogP contribution in [0.2, 0.25) is 0 Å². The van der Waals surface area contributed by atoms with Gasteiger partial charge in [0.15, 0.2) is 0 Å². The second-order valence-electron chi connectivity index (χ2n) is 4.39. The summed E-state index contributed by atoms with van der Waals surface area (Å²) in [5, 5.41) is 11.1. The molecule has 0 fully saturated rings. The maximum absolute atomic E-state index is 12.4. The first-order chi connectivity index (χ1) is 9.25. The summed E-state index contributed by atoms with van der Waals surface area (Å²) in [6, 6.07) is 5.27. The summed E-state index contributed by atoms with van der Waals surface area (Å²) in [6.45, 7) is 3.39. The zero-order chi connectivity index (χ0) is 15.3. The standard InChI is InChI=1S/C13H14F3N3O/c1-9(2)19(8-7-17)12(20)18-11-5-3-10(4-6-11)13(14,15)16/h3-6,9H,8H2,1-2H3,(H,18,20). The van der Waals surface area contributed by atoms with Gasteiger partial charge in [0.1, 0.15) is 6.54 Å². The maximum atomic E-state index is 12.4. The Morgan fingerprint density at radius 2 is 1.90 bits per heavy atom. The molecule has 1 aromatic rings. The van der Waals surface area contributed by atoms with Crippen LogP contribution in [0.25, 0.3) is 0 Å². The van der Waals surface area contributed by atoms with Crippen LogP contribution in [0.3, 0.4) is 0 Å². The Bertz CT molecular complexity index is 503. The lowest BCUT2D eigenvalue weighted by molar-refractivity contribution is -0.137. The second kappa shape index (κ2) is 6.28. The molecule has 0 aliphatic carbocycles. The zero-order valence-corrected chi connectivity index (χ0v) is 11.0. The molecule has 0 spiro atoms. The highest BCUT2D eigenvalue weighted by atomic mass is 19.4. The summed E-state index contributed by atoms with van der Waals surface area (Å²) in [4.78, 5) is 13.1. The van der Waals surface area contributed by atoms with E-state index in [0.717, 1.165) is 12.1 Å². The Labute approximate surface area is 114 Å². The Morgan fingerprint density at radius 1 is 1.35 bits per heavy atom. The number of carbonyl (C=O) groups is 1. The van der Waals surface area contributed by atoms with Gasteiger partial charge < -0.3 is 10.2 Å². The Kier molecular flexibility index (Phi) is 4.97. The number of amides is 2. The van der Waals surface area contributed by atoms with Gasteiger partial charge in [-0.15, -0.1) is 0 Å². The fraction of sp³-hybridized carbons (Fsp3) is 0.385. The van der Waals surface area contributed by atoms with Gasteiger partial charge in [0.05, 0.1) is 11.6 Å². The van der Waals surface area contributed by atoms with E-state index in [0.29, 0.717) is 0 Å². The van der Waals surface area contributed by atoms with Crippen LogP contribution in [-0.4, -0.2) is 23.5 Å². The van der Waals surface area contributed by atoms with Gasteiger partial charge in [0, 0.05) is 11.7 Å². The van der Waals surface area contributed by atoms with Gasteiger partial charge in [-0.1, -0.05) is 0 Å². The number of hydrogen-bond donors (Lipinski definition) is 1. The van der Waals surface area contributed by atoms with E-state index in [2.05, 4.69) is 5.32 Å². The second-order valence-corrected chi connectivity index (χ2v) is 4.39. The third-order valence-electron chi connectivity index (χ3n) is 2.59. The maximum Gasteiger partial charge on any atom is 0.416 e. The third kappa shape index (κ3) is 4.16. The van der Waals surface area contributed by atoms with Crippen molar-refractivity contribution in [1.29, 1.82) is 5.26 Å². The fourth-order valence-electron chi connectivity index (χ4n) is 1.50. The largest absolute Gasteiger partial charge is 0.416 e.